The monoisotopic (exact) mass is 385 g/mol. The first-order valence-electron chi connectivity index (χ1n) is 8.31. The van der Waals surface area contributed by atoms with Crippen molar-refractivity contribution < 1.29 is 9.32 Å². The zero-order chi connectivity index (χ0) is 16.6. The number of rotatable bonds is 4. The Morgan fingerprint density at radius 1 is 1.08 bits per heavy atom. The molecule has 3 nitrogen and oxygen atoms in total. The van der Waals surface area contributed by atoms with Crippen LogP contribution in [0.15, 0.2) is 57.2 Å². The normalized spacial score (nSPS) is 19.8. The minimum atomic E-state index is 0.414. The van der Waals surface area contributed by atoms with E-state index in [4.69, 9.17) is 9.40 Å². The van der Waals surface area contributed by atoms with E-state index in [1.165, 1.54) is 10.4 Å². The van der Waals surface area contributed by atoms with E-state index in [2.05, 4.69) is 40.4 Å². The van der Waals surface area contributed by atoms with Crippen molar-refractivity contribution >= 4 is 34.0 Å². The van der Waals surface area contributed by atoms with Gasteiger partial charge in [-0.2, -0.15) is 0 Å². The molecule has 2 atom stereocenters. The zero-order valence-corrected chi connectivity index (χ0v) is 15.9. The highest BCUT2D eigenvalue weighted by molar-refractivity contribution is 7.13. The predicted octanol–water partition coefficient (Wildman–Crippen LogP) is 4.26. The van der Waals surface area contributed by atoms with Crippen LogP contribution in [0.25, 0.3) is 10.8 Å². The van der Waals surface area contributed by atoms with Gasteiger partial charge in [0.2, 0.25) is 5.89 Å². The first kappa shape index (κ1) is 15.5. The van der Waals surface area contributed by atoms with Crippen molar-refractivity contribution in [1.29, 1.82) is 0 Å². The molecular formula is C19H17N2OS3+. The fraction of sp³-hybridized carbons (Fsp3) is 0.211. The minimum absolute atomic E-state index is 0.414. The molecule has 25 heavy (non-hydrogen) atoms. The van der Waals surface area contributed by atoms with Crippen LogP contribution in [0.3, 0.4) is 0 Å². The number of hydrogen-bond donors (Lipinski definition) is 1. The van der Waals surface area contributed by atoms with Gasteiger partial charge in [0, 0.05) is 16.9 Å². The molecule has 0 fully saturated rings. The minimum Gasteiger partial charge on any atom is -0.443 e. The topological polar surface area (TPSA) is 30.5 Å². The number of aromatic nitrogens is 1. The van der Waals surface area contributed by atoms with E-state index in [0.717, 1.165) is 36.0 Å². The molecule has 0 bridgehead atoms. The molecule has 0 radical (unpaired) electrons. The quantitative estimate of drug-likeness (QED) is 0.569. The van der Waals surface area contributed by atoms with Gasteiger partial charge in [-0.05, 0) is 34.3 Å². The number of nitrogens with zero attached hydrogens (tertiary/aromatic N) is 1. The maximum atomic E-state index is 5.72. The van der Waals surface area contributed by atoms with Crippen molar-refractivity contribution in [1.82, 2.24) is 4.98 Å². The van der Waals surface area contributed by atoms with Crippen LogP contribution in [0.2, 0.25) is 0 Å². The van der Waals surface area contributed by atoms with Crippen molar-refractivity contribution in [3.63, 3.8) is 0 Å². The average Bonchev–Trinajstić information content (AvgIpc) is 3.39. The molecule has 0 saturated heterocycles. The summed E-state index contributed by atoms with van der Waals surface area (Å²) in [5.41, 5.74) is 2.54. The van der Waals surface area contributed by atoms with Crippen LogP contribution in [-0.2, 0) is 13.0 Å². The van der Waals surface area contributed by atoms with Crippen molar-refractivity contribution in [2.75, 3.05) is 6.54 Å². The van der Waals surface area contributed by atoms with E-state index in [1.54, 1.807) is 21.1 Å². The smallest absolute Gasteiger partial charge is 0.236 e. The molecule has 4 aromatic rings. The van der Waals surface area contributed by atoms with E-state index >= 15 is 0 Å². The first-order valence-corrected chi connectivity index (χ1v) is 10.9. The lowest BCUT2D eigenvalue weighted by Gasteiger charge is -2.31. The SMILES string of the molecule is c1csc(-c2nc(C[NH+]3CCc4sccc4[C@@H]3c3cccs3)co2)c1. The highest BCUT2D eigenvalue weighted by atomic mass is 32.1. The molecular weight excluding hydrogens is 368 g/mol. The lowest BCUT2D eigenvalue weighted by atomic mass is 9.98. The maximum Gasteiger partial charge on any atom is 0.236 e. The van der Waals surface area contributed by atoms with Crippen molar-refractivity contribution in [3.8, 4) is 10.8 Å². The van der Waals surface area contributed by atoms with E-state index in [0.29, 0.717) is 6.04 Å². The summed E-state index contributed by atoms with van der Waals surface area (Å²) in [5, 5.41) is 6.47. The largest absolute Gasteiger partial charge is 0.443 e. The van der Waals surface area contributed by atoms with E-state index in [1.807, 2.05) is 35.0 Å². The molecule has 0 saturated carbocycles. The van der Waals surface area contributed by atoms with Gasteiger partial charge >= 0.3 is 0 Å². The Hall–Kier alpha value is -1.73. The highest BCUT2D eigenvalue weighted by Crippen LogP contribution is 2.32. The summed E-state index contributed by atoms with van der Waals surface area (Å²) < 4.78 is 5.72. The molecule has 126 valence electrons. The summed E-state index contributed by atoms with van der Waals surface area (Å²) in [4.78, 5) is 10.4. The fourth-order valence-corrected chi connectivity index (χ4v) is 6.06. The van der Waals surface area contributed by atoms with Gasteiger partial charge in [0.25, 0.3) is 0 Å². The third kappa shape index (κ3) is 2.89. The van der Waals surface area contributed by atoms with Gasteiger partial charge in [0.1, 0.15) is 24.5 Å². The van der Waals surface area contributed by atoms with Crippen LogP contribution in [0.5, 0.6) is 0 Å². The Bertz CT molecular complexity index is 953. The van der Waals surface area contributed by atoms with Crippen molar-refractivity contribution in [2.24, 2.45) is 0 Å². The number of fused-ring (bicyclic) bond motifs is 1. The maximum absolute atomic E-state index is 5.72. The van der Waals surface area contributed by atoms with Crippen molar-refractivity contribution in [3.05, 3.63) is 73.7 Å². The molecule has 1 aliphatic rings. The number of thiophene rings is 3. The molecule has 1 N–H and O–H groups in total. The van der Waals surface area contributed by atoms with Crippen LogP contribution in [0.4, 0.5) is 0 Å². The Kier molecular flexibility index (Phi) is 4.06. The second kappa shape index (κ2) is 6.53. The van der Waals surface area contributed by atoms with Gasteiger partial charge in [0.15, 0.2) is 0 Å². The predicted molar refractivity (Wildman–Crippen MR) is 104 cm³/mol. The molecule has 0 aromatic carbocycles. The Labute approximate surface area is 158 Å². The summed E-state index contributed by atoms with van der Waals surface area (Å²) in [6.45, 7) is 2.03. The molecule has 0 spiro atoms. The van der Waals surface area contributed by atoms with Crippen LogP contribution < -0.4 is 4.90 Å². The second-order valence-corrected chi connectivity index (χ2v) is 9.13. The summed E-state index contributed by atoms with van der Waals surface area (Å²) >= 11 is 5.42. The van der Waals surface area contributed by atoms with E-state index in [9.17, 15) is 0 Å². The lowest BCUT2D eigenvalue weighted by Crippen LogP contribution is -3.12. The Morgan fingerprint density at radius 2 is 2.00 bits per heavy atom. The molecule has 1 unspecified atom stereocenters. The van der Waals surface area contributed by atoms with Gasteiger partial charge in [-0.25, -0.2) is 4.98 Å². The average molecular weight is 386 g/mol. The fourth-order valence-electron chi connectivity index (χ4n) is 3.58. The molecule has 0 aliphatic carbocycles. The second-order valence-electron chi connectivity index (χ2n) is 6.20. The van der Waals surface area contributed by atoms with Crippen LogP contribution >= 0.6 is 34.0 Å². The summed E-state index contributed by atoms with van der Waals surface area (Å²) in [5.74, 6) is 0.741. The van der Waals surface area contributed by atoms with Gasteiger partial charge < -0.3 is 9.32 Å². The molecule has 6 heteroatoms. The van der Waals surface area contributed by atoms with E-state index in [-0.39, 0.29) is 0 Å². The van der Waals surface area contributed by atoms with Gasteiger partial charge in [-0.1, -0.05) is 12.1 Å². The first-order chi connectivity index (χ1) is 12.4. The molecule has 4 aromatic heterocycles. The van der Waals surface area contributed by atoms with Crippen molar-refractivity contribution in [2.45, 2.75) is 19.0 Å². The summed E-state index contributed by atoms with van der Waals surface area (Å²) in [6, 6.07) is 11.2. The Morgan fingerprint density at radius 3 is 2.84 bits per heavy atom. The lowest BCUT2D eigenvalue weighted by molar-refractivity contribution is -0.941. The third-order valence-corrected chi connectivity index (χ3v) is 7.48. The van der Waals surface area contributed by atoms with Gasteiger partial charge in [-0.15, -0.1) is 34.0 Å². The number of quaternary nitrogens is 1. The molecule has 5 rings (SSSR count). The molecule has 0 amide bonds. The number of hydrogen-bond acceptors (Lipinski definition) is 5. The van der Waals surface area contributed by atoms with Crippen LogP contribution in [0, 0.1) is 0 Å². The summed E-state index contributed by atoms with van der Waals surface area (Å²) in [7, 11) is 0. The van der Waals surface area contributed by atoms with Gasteiger partial charge in [-0.3, -0.25) is 0 Å². The number of oxazole rings is 1. The molecule has 5 heterocycles. The van der Waals surface area contributed by atoms with Crippen LogP contribution in [-0.4, -0.2) is 11.5 Å². The third-order valence-electron chi connectivity index (χ3n) is 4.69. The van der Waals surface area contributed by atoms with Gasteiger partial charge in [0.05, 0.1) is 16.3 Å². The standard InChI is InChI=1S/C19H16N2OS3/c1-3-16(23-8-1)18-14-6-10-25-15(14)5-7-21(18)11-13-12-22-19(20-13)17-4-2-9-24-17/h1-4,6,8-10,12,18H,5,7,11H2/p+1/t18-/m1/s1. The highest BCUT2D eigenvalue weighted by Gasteiger charge is 2.34. The van der Waals surface area contributed by atoms with Crippen LogP contribution in [0.1, 0.15) is 27.1 Å². The Balaban J connectivity index is 1.45. The zero-order valence-electron chi connectivity index (χ0n) is 13.5. The van der Waals surface area contributed by atoms with E-state index < -0.39 is 0 Å². The summed E-state index contributed by atoms with van der Waals surface area (Å²) in [6.07, 6.45) is 2.98. The number of nitrogens with one attached hydrogen (secondary N) is 1. The molecule has 1 aliphatic heterocycles.